The molecule has 0 bridgehead atoms. The average Bonchev–Trinajstić information content (AvgIpc) is 2.59. The highest BCUT2D eigenvalue weighted by Crippen LogP contribution is 2.25. The van der Waals surface area contributed by atoms with Gasteiger partial charge in [-0.15, -0.1) is 0 Å². The Morgan fingerprint density at radius 2 is 2.11 bits per heavy atom. The second kappa shape index (κ2) is 5.03. The van der Waals surface area contributed by atoms with Gasteiger partial charge in [-0.2, -0.15) is 13.2 Å². The van der Waals surface area contributed by atoms with Crippen LogP contribution in [0, 0.1) is 0 Å². The Morgan fingerprint density at radius 3 is 2.56 bits per heavy atom. The summed E-state index contributed by atoms with van der Waals surface area (Å²) in [6.07, 6.45) is -6.37. The number of rotatable bonds is 2. The molecular formula is C10H15F3N2O3. The minimum atomic E-state index is -4.49. The second-order valence-electron chi connectivity index (χ2n) is 4.85. The lowest BCUT2D eigenvalue weighted by Crippen LogP contribution is -2.37. The molecule has 1 aliphatic rings. The van der Waals surface area contributed by atoms with Crippen LogP contribution in [0.5, 0.6) is 0 Å². The number of nitrogens with one attached hydrogen (secondary N) is 1. The predicted molar refractivity (Wildman–Crippen MR) is 57.2 cm³/mol. The summed E-state index contributed by atoms with van der Waals surface area (Å²) in [6, 6.07) is 0. The first-order chi connectivity index (χ1) is 8.08. The molecule has 1 N–H and O–H groups in total. The van der Waals surface area contributed by atoms with Crippen LogP contribution in [0.4, 0.5) is 18.0 Å². The first-order valence-electron chi connectivity index (χ1n) is 5.34. The summed E-state index contributed by atoms with van der Waals surface area (Å²) in [5.74, 6) is 0. The SMILES string of the molecule is CC(C)(C)OC(=O)NCC1CC(C(F)(F)F)=NO1. The van der Waals surface area contributed by atoms with Gasteiger partial charge in [-0.1, -0.05) is 5.16 Å². The first-order valence-corrected chi connectivity index (χ1v) is 5.34. The Bertz CT molecular complexity index is 347. The van der Waals surface area contributed by atoms with Crippen LogP contribution in [0.1, 0.15) is 27.2 Å². The van der Waals surface area contributed by atoms with Crippen molar-refractivity contribution in [3.05, 3.63) is 0 Å². The number of alkyl carbamates (subject to hydrolysis) is 1. The predicted octanol–water partition coefficient (Wildman–Crippen LogP) is 2.22. The van der Waals surface area contributed by atoms with Crippen LogP contribution in [0.25, 0.3) is 0 Å². The summed E-state index contributed by atoms with van der Waals surface area (Å²) in [5, 5.41) is 5.27. The molecule has 0 spiro atoms. The summed E-state index contributed by atoms with van der Waals surface area (Å²) >= 11 is 0. The third-order valence-electron chi connectivity index (χ3n) is 1.93. The lowest BCUT2D eigenvalue weighted by atomic mass is 10.2. The molecule has 0 radical (unpaired) electrons. The largest absolute Gasteiger partial charge is 0.444 e. The zero-order valence-corrected chi connectivity index (χ0v) is 10.3. The Morgan fingerprint density at radius 1 is 1.50 bits per heavy atom. The lowest BCUT2D eigenvalue weighted by molar-refractivity contribution is -0.0604. The fourth-order valence-electron chi connectivity index (χ4n) is 1.22. The van der Waals surface area contributed by atoms with E-state index in [-0.39, 0.29) is 13.0 Å². The van der Waals surface area contributed by atoms with Crippen molar-refractivity contribution in [3.63, 3.8) is 0 Å². The maximum atomic E-state index is 12.2. The van der Waals surface area contributed by atoms with Gasteiger partial charge in [-0.25, -0.2) is 4.79 Å². The molecule has 0 saturated carbocycles. The molecule has 1 heterocycles. The van der Waals surface area contributed by atoms with Crippen LogP contribution in [-0.4, -0.2) is 36.2 Å². The van der Waals surface area contributed by atoms with Gasteiger partial charge in [0.2, 0.25) is 0 Å². The molecule has 8 heteroatoms. The Hall–Kier alpha value is -1.47. The van der Waals surface area contributed by atoms with Gasteiger partial charge in [-0.05, 0) is 20.8 Å². The maximum Gasteiger partial charge on any atom is 0.432 e. The molecule has 1 unspecified atom stereocenters. The topological polar surface area (TPSA) is 59.9 Å². The summed E-state index contributed by atoms with van der Waals surface area (Å²) in [6.45, 7) is 4.97. The summed E-state index contributed by atoms with van der Waals surface area (Å²) < 4.78 is 41.6. The summed E-state index contributed by atoms with van der Waals surface area (Å²) in [7, 11) is 0. The zero-order valence-electron chi connectivity index (χ0n) is 10.3. The highest BCUT2D eigenvalue weighted by Gasteiger charge is 2.41. The van der Waals surface area contributed by atoms with Crippen molar-refractivity contribution in [3.8, 4) is 0 Å². The molecule has 0 fully saturated rings. The van der Waals surface area contributed by atoms with Crippen LogP contribution < -0.4 is 5.32 Å². The van der Waals surface area contributed by atoms with E-state index in [1.54, 1.807) is 20.8 Å². The molecule has 0 aromatic rings. The van der Waals surface area contributed by atoms with E-state index in [0.29, 0.717) is 0 Å². The molecule has 0 aromatic heterocycles. The second-order valence-corrected chi connectivity index (χ2v) is 4.85. The van der Waals surface area contributed by atoms with Gasteiger partial charge < -0.3 is 14.9 Å². The van der Waals surface area contributed by atoms with Gasteiger partial charge in [0.05, 0.1) is 6.54 Å². The number of amides is 1. The molecule has 1 aliphatic heterocycles. The number of alkyl halides is 3. The highest BCUT2D eigenvalue weighted by molar-refractivity contribution is 5.90. The van der Waals surface area contributed by atoms with Gasteiger partial charge in [-0.3, -0.25) is 0 Å². The third kappa shape index (κ3) is 4.80. The van der Waals surface area contributed by atoms with Crippen molar-refractivity contribution in [1.82, 2.24) is 5.32 Å². The molecular weight excluding hydrogens is 253 g/mol. The van der Waals surface area contributed by atoms with E-state index in [4.69, 9.17) is 4.74 Å². The molecule has 0 aliphatic carbocycles. The van der Waals surface area contributed by atoms with Gasteiger partial charge in [0.25, 0.3) is 0 Å². The molecule has 1 rings (SSSR count). The monoisotopic (exact) mass is 268 g/mol. The van der Waals surface area contributed by atoms with E-state index in [2.05, 4.69) is 15.3 Å². The number of hydrogen-bond acceptors (Lipinski definition) is 4. The van der Waals surface area contributed by atoms with Crippen molar-refractivity contribution < 1.29 is 27.5 Å². The van der Waals surface area contributed by atoms with E-state index >= 15 is 0 Å². The van der Waals surface area contributed by atoms with E-state index in [0.717, 1.165) is 0 Å². The number of carbonyl (C=O) groups excluding carboxylic acids is 1. The van der Waals surface area contributed by atoms with Gasteiger partial charge in [0, 0.05) is 6.42 Å². The Balaban J connectivity index is 2.30. The van der Waals surface area contributed by atoms with Crippen LogP contribution in [0.15, 0.2) is 5.16 Å². The van der Waals surface area contributed by atoms with Crippen LogP contribution in [-0.2, 0) is 9.57 Å². The minimum Gasteiger partial charge on any atom is -0.444 e. The van der Waals surface area contributed by atoms with Crippen molar-refractivity contribution >= 4 is 11.8 Å². The number of nitrogens with zero attached hydrogens (tertiary/aromatic N) is 1. The molecule has 104 valence electrons. The molecule has 18 heavy (non-hydrogen) atoms. The smallest absolute Gasteiger partial charge is 0.432 e. The van der Waals surface area contributed by atoms with Gasteiger partial charge in [0.15, 0.2) is 11.8 Å². The first kappa shape index (κ1) is 14.6. The fourth-order valence-corrected chi connectivity index (χ4v) is 1.22. The van der Waals surface area contributed by atoms with Crippen molar-refractivity contribution in [2.75, 3.05) is 6.54 Å². The van der Waals surface area contributed by atoms with E-state index in [1.165, 1.54) is 0 Å². The lowest BCUT2D eigenvalue weighted by Gasteiger charge is -2.20. The summed E-state index contributed by atoms with van der Waals surface area (Å²) in [5.41, 5.74) is -1.63. The number of halogens is 3. The van der Waals surface area contributed by atoms with Crippen molar-refractivity contribution in [2.45, 2.75) is 45.1 Å². The number of hydrogen-bond donors (Lipinski definition) is 1. The molecule has 5 nitrogen and oxygen atoms in total. The van der Waals surface area contributed by atoms with Gasteiger partial charge >= 0.3 is 12.3 Å². The highest BCUT2D eigenvalue weighted by atomic mass is 19.4. The number of ether oxygens (including phenoxy) is 1. The Kier molecular flexibility index (Phi) is 4.08. The van der Waals surface area contributed by atoms with E-state index in [1.807, 2.05) is 0 Å². The molecule has 0 aromatic carbocycles. The third-order valence-corrected chi connectivity index (χ3v) is 1.93. The van der Waals surface area contributed by atoms with Crippen LogP contribution in [0.3, 0.4) is 0 Å². The molecule has 1 amide bonds. The van der Waals surface area contributed by atoms with Crippen molar-refractivity contribution in [1.29, 1.82) is 0 Å². The number of oxime groups is 1. The van der Waals surface area contributed by atoms with Crippen LogP contribution in [0.2, 0.25) is 0 Å². The summed E-state index contributed by atoms with van der Waals surface area (Å²) in [4.78, 5) is 15.8. The standard InChI is InChI=1S/C10H15F3N2O3/c1-9(2,3)17-8(16)14-5-6-4-7(15-18-6)10(11,12)13/h6H,4-5H2,1-3H3,(H,14,16). The fraction of sp³-hybridized carbons (Fsp3) is 0.800. The molecule has 0 saturated heterocycles. The zero-order chi connectivity index (χ0) is 14.0. The van der Waals surface area contributed by atoms with Crippen LogP contribution >= 0.6 is 0 Å². The van der Waals surface area contributed by atoms with E-state index < -0.39 is 29.7 Å². The number of carbonyl (C=O) groups is 1. The minimum absolute atomic E-state index is 0.0853. The van der Waals surface area contributed by atoms with Gasteiger partial charge in [0.1, 0.15) is 5.60 Å². The maximum absolute atomic E-state index is 12.2. The Labute approximate surface area is 102 Å². The quantitative estimate of drug-likeness (QED) is 0.835. The van der Waals surface area contributed by atoms with E-state index in [9.17, 15) is 18.0 Å². The normalized spacial score (nSPS) is 20.1. The van der Waals surface area contributed by atoms with Crippen molar-refractivity contribution in [2.24, 2.45) is 5.16 Å². The average molecular weight is 268 g/mol. The molecule has 1 atom stereocenters.